The molecule has 0 saturated heterocycles. The van der Waals surface area contributed by atoms with Crippen molar-refractivity contribution in [2.24, 2.45) is 11.8 Å². The van der Waals surface area contributed by atoms with Crippen molar-refractivity contribution >= 4 is 11.9 Å². The number of rotatable bonds is 7. The van der Waals surface area contributed by atoms with Gasteiger partial charge in [0.05, 0.1) is 6.61 Å². The van der Waals surface area contributed by atoms with Crippen molar-refractivity contribution in [3.63, 3.8) is 0 Å². The molecule has 4 nitrogen and oxygen atoms in total. The van der Waals surface area contributed by atoms with Gasteiger partial charge in [-0.15, -0.1) is 0 Å². The van der Waals surface area contributed by atoms with Crippen molar-refractivity contribution in [1.82, 2.24) is 5.32 Å². The first-order chi connectivity index (χ1) is 8.42. The normalized spacial score (nSPS) is 14.8. The molecule has 18 heavy (non-hydrogen) atoms. The van der Waals surface area contributed by atoms with E-state index in [0.717, 1.165) is 12.8 Å². The van der Waals surface area contributed by atoms with Crippen molar-refractivity contribution < 1.29 is 14.3 Å². The molecule has 0 aliphatic carbocycles. The van der Waals surface area contributed by atoms with Crippen LogP contribution in [0.1, 0.15) is 47.5 Å². The second kappa shape index (κ2) is 8.72. The number of esters is 1. The molecule has 0 heterocycles. The van der Waals surface area contributed by atoms with E-state index in [1.807, 2.05) is 6.92 Å². The summed E-state index contributed by atoms with van der Waals surface area (Å²) in [5.74, 6) is -0.0429. The Bertz CT molecular complexity index is 310. The van der Waals surface area contributed by atoms with Gasteiger partial charge >= 0.3 is 5.97 Å². The fraction of sp³-hybridized carbons (Fsp3) is 0.714. The van der Waals surface area contributed by atoms with E-state index < -0.39 is 5.97 Å². The molecule has 0 rings (SSSR count). The van der Waals surface area contributed by atoms with Crippen LogP contribution in [0.2, 0.25) is 0 Å². The van der Waals surface area contributed by atoms with Crippen LogP contribution in [0.25, 0.3) is 0 Å². The van der Waals surface area contributed by atoms with E-state index in [1.54, 1.807) is 6.92 Å². The number of allylic oxidation sites excluding steroid dienone is 1. The van der Waals surface area contributed by atoms with Gasteiger partial charge in [0.2, 0.25) is 5.91 Å². The standard InChI is InChI=1S/C14H25NO3/c1-6-8-10(3)11(4)13(15-12(5)16)9-14(17)18-7-2/h9-11H,6-8H2,1-5H3,(H,15,16)/t10-,11-/m1/s1. The number of hydrogen-bond donors (Lipinski definition) is 1. The molecular formula is C14H25NO3. The number of nitrogens with one attached hydrogen (secondary N) is 1. The Labute approximate surface area is 110 Å². The monoisotopic (exact) mass is 255 g/mol. The zero-order chi connectivity index (χ0) is 14.1. The first kappa shape index (κ1) is 16.7. The van der Waals surface area contributed by atoms with Crippen LogP contribution in [0.4, 0.5) is 0 Å². The number of hydrogen-bond acceptors (Lipinski definition) is 3. The van der Waals surface area contributed by atoms with Gasteiger partial charge in [-0.3, -0.25) is 4.79 Å². The molecule has 2 atom stereocenters. The zero-order valence-corrected chi connectivity index (χ0v) is 12.1. The molecule has 0 aromatic rings. The minimum Gasteiger partial charge on any atom is -0.463 e. The molecule has 0 bridgehead atoms. The highest BCUT2D eigenvalue weighted by Gasteiger charge is 2.18. The molecule has 0 spiro atoms. The van der Waals surface area contributed by atoms with Crippen LogP contribution in [0.3, 0.4) is 0 Å². The maximum atomic E-state index is 11.5. The number of carbonyl (C=O) groups excluding carboxylic acids is 2. The Balaban J connectivity index is 4.86. The Morgan fingerprint density at radius 3 is 2.33 bits per heavy atom. The van der Waals surface area contributed by atoms with Crippen LogP contribution in [0.15, 0.2) is 11.8 Å². The third-order valence-electron chi connectivity index (χ3n) is 2.97. The van der Waals surface area contributed by atoms with Gasteiger partial charge in [-0.1, -0.05) is 33.6 Å². The highest BCUT2D eigenvalue weighted by Crippen LogP contribution is 2.22. The second-order valence-corrected chi connectivity index (χ2v) is 4.59. The molecule has 0 unspecified atom stereocenters. The molecule has 0 aliphatic heterocycles. The SMILES string of the molecule is CCC[C@@H](C)[C@@H](C)C(=CC(=O)OCC)NC(C)=O. The van der Waals surface area contributed by atoms with Crippen LogP contribution in [0.5, 0.6) is 0 Å². The summed E-state index contributed by atoms with van der Waals surface area (Å²) in [5.41, 5.74) is 0.641. The predicted molar refractivity (Wildman–Crippen MR) is 71.8 cm³/mol. The van der Waals surface area contributed by atoms with Gasteiger partial charge in [-0.05, 0) is 18.8 Å². The molecule has 0 radical (unpaired) electrons. The lowest BCUT2D eigenvalue weighted by atomic mass is 9.89. The maximum absolute atomic E-state index is 11.5. The van der Waals surface area contributed by atoms with E-state index >= 15 is 0 Å². The number of carbonyl (C=O) groups is 2. The summed E-state index contributed by atoms with van der Waals surface area (Å²) in [6, 6.07) is 0. The largest absolute Gasteiger partial charge is 0.463 e. The van der Waals surface area contributed by atoms with E-state index in [1.165, 1.54) is 13.0 Å². The van der Waals surface area contributed by atoms with E-state index in [4.69, 9.17) is 4.74 Å². The van der Waals surface area contributed by atoms with Crippen LogP contribution in [0, 0.1) is 11.8 Å². The fourth-order valence-electron chi connectivity index (χ4n) is 1.81. The molecular weight excluding hydrogens is 230 g/mol. The van der Waals surface area contributed by atoms with Gasteiger partial charge in [0.15, 0.2) is 0 Å². The minimum atomic E-state index is -0.406. The average Bonchev–Trinajstić information content (AvgIpc) is 2.27. The first-order valence-electron chi connectivity index (χ1n) is 6.58. The average molecular weight is 255 g/mol. The summed E-state index contributed by atoms with van der Waals surface area (Å²) in [4.78, 5) is 22.6. The summed E-state index contributed by atoms with van der Waals surface area (Å²) in [6.45, 7) is 9.79. The molecule has 0 fully saturated rings. The van der Waals surface area contributed by atoms with E-state index in [2.05, 4.69) is 19.2 Å². The lowest BCUT2D eigenvalue weighted by molar-refractivity contribution is -0.137. The quantitative estimate of drug-likeness (QED) is 0.562. The molecule has 0 aromatic carbocycles. The highest BCUT2D eigenvalue weighted by atomic mass is 16.5. The molecule has 1 amide bonds. The lowest BCUT2D eigenvalue weighted by Gasteiger charge is -2.22. The van der Waals surface area contributed by atoms with Crippen LogP contribution in [-0.2, 0) is 14.3 Å². The maximum Gasteiger partial charge on any atom is 0.332 e. The van der Waals surface area contributed by atoms with Gasteiger partial charge in [0.25, 0.3) is 0 Å². The van der Waals surface area contributed by atoms with Gasteiger partial charge in [-0.2, -0.15) is 0 Å². The number of ether oxygens (including phenoxy) is 1. The molecule has 1 N–H and O–H groups in total. The molecule has 104 valence electrons. The fourth-order valence-corrected chi connectivity index (χ4v) is 1.81. The third-order valence-corrected chi connectivity index (χ3v) is 2.97. The van der Waals surface area contributed by atoms with Gasteiger partial charge in [0.1, 0.15) is 0 Å². The molecule has 0 aliphatic rings. The smallest absolute Gasteiger partial charge is 0.332 e. The topological polar surface area (TPSA) is 55.4 Å². The Morgan fingerprint density at radius 2 is 1.89 bits per heavy atom. The van der Waals surface area contributed by atoms with Crippen LogP contribution in [-0.4, -0.2) is 18.5 Å². The summed E-state index contributed by atoms with van der Waals surface area (Å²) in [6.07, 6.45) is 3.53. The third kappa shape index (κ3) is 6.42. The molecule has 0 aromatic heterocycles. The van der Waals surface area contributed by atoms with E-state index in [0.29, 0.717) is 18.2 Å². The van der Waals surface area contributed by atoms with Gasteiger partial charge < -0.3 is 10.1 Å². The second-order valence-electron chi connectivity index (χ2n) is 4.59. The number of amides is 1. The van der Waals surface area contributed by atoms with Crippen molar-refractivity contribution in [3.8, 4) is 0 Å². The van der Waals surface area contributed by atoms with Gasteiger partial charge in [0, 0.05) is 18.7 Å². The van der Waals surface area contributed by atoms with E-state index in [-0.39, 0.29) is 11.8 Å². The van der Waals surface area contributed by atoms with Crippen molar-refractivity contribution in [2.75, 3.05) is 6.61 Å². The molecule has 4 heteroatoms. The molecule has 0 saturated carbocycles. The lowest BCUT2D eigenvalue weighted by Crippen LogP contribution is -2.27. The summed E-state index contributed by atoms with van der Waals surface area (Å²) < 4.78 is 4.88. The van der Waals surface area contributed by atoms with Crippen LogP contribution < -0.4 is 5.32 Å². The van der Waals surface area contributed by atoms with Crippen molar-refractivity contribution in [3.05, 3.63) is 11.8 Å². The Kier molecular flexibility index (Phi) is 8.08. The highest BCUT2D eigenvalue weighted by molar-refractivity contribution is 5.84. The van der Waals surface area contributed by atoms with Crippen LogP contribution >= 0.6 is 0 Å². The summed E-state index contributed by atoms with van der Waals surface area (Å²) in [7, 11) is 0. The van der Waals surface area contributed by atoms with Crippen molar-refractivity contribution in [1.29, 1.82) is 0 Å². The Hall–Kier alpha value is -1.32. The Morgan fingerprint density at radius 1 is 1.28 bits per heavy atom. The zero-order valence-electron chi connectivity index (χ0n) is 12.1. The van der Waals surface area contributed by atoms with E-state index in [9.17, 15) is 9.59 Å². The first-order valence-corrected chi connectivity index (χ1v) is 6.58. The predicted octanol–water partition coefficient (Wildman–Crippen LogP) is 2.64. The van der Waals surface area contributed by atoms with Crippen molar-refractivity contribution in [2.45, 2.75) is 47.5 Å². The minimum absolute atomic E-state index is 0.123. The summed E-state index contributed by atoms with van der Waals surface area (Å²) >= 11 is 0. The van der Waals surface area contributed by atoms with Gasteiger partial charge in [-0.25, -0.2) is 4.79 Å². The summed E-state index contributed by atoms with van der Waals surface area (Å²) in [5, 5.41) is 2.73.